The Morgan fingerprint density at radius 3 is 2.64 bits per heavy atom. The molecule has 0 spiro atoms. The topological polar surface area (TPSA) is 66.7 Å². The van der Waals surface area contributed by atoms with Gasteiger partial charge in [0.05, 0.1) is 23.9 Å². The number of piperazine rings is 1. The molecule has 4 rings (SSSR count). The number of carbonyl (C=O) groups is 2. The van der Waals surface area contributed by atoms with Crippen molar-refractivity contribution >= 4 is 23.2 Å². The van der Waals surface area contributed by atoms with Crippen LogP contribution in [0, 0.1) is 6.92 Å². The number of hydrogen-bond donors (Lipinski definition) is 0. The molecule has 6 nitrogen and oxygen atoms in total. The molecule has 0 saturated carbocycles. The largest absolute Gasteiger partial charge is 0.472 e. The third kappa shape index (κ3) is 3.99. The minimum Gasteiger partial charge on any atom is -0.472 e. The Morgan fingerprint density at radius 1 is 1.14 bits per heavy atom. The van der Waals surface area contributed by atoms with Crippen molar-refractivity contribution in [2.75, 3.05) is 26.2 Å². The molecule has 28 heavy (non-hydrogen) atoms. The van der Waals surface area contributed by atoms with Gasteiger partial charge in [0.1, 0.15) is 11.3 Å². The molecule has 1 aromatic carbocycles. The van der Waals surface area contributed by atoms with E-state index in [2.05, 4.69) is 24.0 Å². The van der Waals surface area contributed by atoms with Crippen molar-refractivity contribution in [1.82, 2.24) is 14.8 Å². The molecule has 0 radical (unpaired) electrons. The number of benzene rings is 1. The molecule has 0 N–H and O–H groups in total. The monoisotopic (exact) mass is 395 g/mol. The summed E-state index contributed by atoms with van der Waals surface area (Å²) in [6, 6.07) is 9.86. The van der Waals surface area contributed by atoms with Crippen molar-refractivity contribution < 1.29 is 14.0 Å². The number of nitrogens with zero attached hydrogens (tertiary/aromatic N) is 3. The lowest BCUT2D eigenvalue weighted by molar-refractivity contribution is -0.132. The van der Waals surface area contributed by atoms with E-state index in [0.29, 0.717) is 31.7 Å². The molecule has 0 bridgehead atoms. The van der Waals surface area contributed by atoms with Crippen LogP contribution >= 0.6 is 11.3 Å². The lowest BCUT2D eigenvalue weighted by Gasteiger charge is -2.34. The SMILES string of the molecule is Cc1cccc(-c2nc(CC(=O)N3CCN(C(=O)c4ccoc4)CC3)cs2)c1. The van der Waals surface area contributed by atoms with E-state index in [1.165, 1.54) is 18.1 Å². The van der Waals surface area contributed by atoms with Crippen LogP contribution in [0.5, 0.6) is 0 Å². The predicted octanol–water partition coefficient (Wildman–Crippen LogP) is 3.24. The van der Waals surface area contributed by atoms with Crippen LogP contribution in [0.15, 0.2) is 52.7 Å². The van der Waals surface area contributed by atoms with Gasteiger partial charge in [-0.3, -0.25) is 9.59 Å². The highest BCUT2D eigenvalue weighted by Gasteiger charge is 2.25. The van der Waals surface area contributed by atoms with Gasteiger partial charge in [-0.25, -0.2) is 4.98 Å². The van der Waals surface area contributed by atoms with E-state index < -0.39 is 0 Å². The maximum absolute atomic E-state index is 12.6. The van der Waals surface area contributed by atoms with E-state index in [-0.39, 0.29) is 18.2 Å². The molecule has 2 amide bonds. The molecule has 1 aliphatic heterocycles. The summed E-state index contributed by atoms with van der Waals surface area (Å²) in [4.78, 5) is 33.2. The van der Waals surface area contributed by atoms with E-state index in [0.717, 1.165) is 16.3 Å². The Hall–Kier alpha value is -2.93. The predicted molar refractivity (Wildman–Crippen MR) is 107 cm³/mol. The fourth-order valence-corrected chi connectivity index (χ4v) is 4.11. The van der Waals surface area contributed by atoms with Crippen LogP contribution in [0.3, 0.4) is 0 Å². The number of amides is 2. The van der Waals surface area contributed by atoms with Crippen molar-refractivity contribution in [3.8, 4) is 10.6 Å². The van der Waals surface area contributed by atoms with Crippen molar-refractivity contribution in [2.24, 2.45) is 0 Å². The van der Waals surface area contributed by atoms with Gasteiger partial charge in [-0.1, -0.05) is 23.8 Å². The smallest absolute Gasteiger partial charge is 0.257 e. The van der Waals surface area contributed by atoms with Gasteiger partial charge in [0, 0.05) is 37.1 Å². The summed E-state index contributed by atoms with van der Waals surface area (Å²) in [7, 11) is 0. The second kappa shape index (κ2) is 7.98. The van der Waals surface area contributed by atoms with Gasteiger partial charge in [0.2, 0.25) is 5.91 Å². The van der Waals surface area contributed by atoms with E-state index in [9.17, 15) is 9.59 Å². The Bertz CT molecular complexity index is 972. The maximum Gasteiger partial charge on any atom is 0.257 e. The molecule has 0 atom stereocenters. The zero-order valence-electron chi connectivity index (χ0n) is 15.6. The number of carbonyl (C=O) groups excluding carboxylic acids is 2. The second-order valence-corrected chi connectivity index (χ2v) is 7.73. The summed E-state index contributed by atoms with van der Waals surface area (Å²) in [5.74, 6) is -0.000325. The van der Waals surface area contributed by atoms with Gasteiger partial charge in [0.15, 0.2) is 0 Å². The molecule has 3 heterocycles. The molecule has 2 aromatic heterocycles. The van der Waals surface area contributed by atoms with Crippen LogP contribution in [-0.2, 0) is 11.2 Å². The van der Waals surface area contributed by atoms with Crippen LogP contribution in [0.2, 0.25) is 0 Å². The summed E-state index contributed by atoms with van der Waals surface area (Å²) < 4.78 is 4.97. The Labute approximate surface area is 167 Å². The number of thiazole rings is 1. The van der Waals surface area contributed by atoms with E-state index >= 15 is 0 Å². The highest BCUT2D eigenvalue weighted by molar-refractivity contribution is 7.13. The molecule has 0 unspecified atom stereocenters. The minimum absolute atomic E-state index is 0.0523. The van der Waals surface area contributed by atoms with Crippen LogP contribution in [-0.4, -0.2) is 52.8 Å². The van der Waals surface area contributed by atoms with Gasteiger partial charge < -0.3 is 14.2 Å². The molecule has 0 aliphatic carbocycles. The third-order valence-corrected chi connectivity index (χ3v) is 5.78. The maximum atomic E-state index is 12.6. The van der Waals surface area contributed by atoms with E-state index in [4.69, 9.17) is 4.42 Å². The summed E-state index contributed by atoms with van der Waals surface area (Å²) in [5.41, 5.74) is 3.61. The Balaban J connectivity index is 1.33. The van der Waals surface area contributed by atoms with Crippen LogP contribution in [0.1, 0.15) is 21.6 Å². The summed E-state index contributed by atoms with van der Waals surface area (Å²) in [6.07, 6.45) is 3.23. The molecule has 3 aromatic rings. The molecule has 1 fully saturated rings. The zero-order chi connectivity index (χ0) is 19.5. The first-order valence-corrected chi connectivity index (χ1v) is 10.1. The molecule has 7 heteroatoms. The number of aromatic nitrogens is 1. The first-order valence-electron chi connectivity index (χ1n) is 9.21. The van der Waals surface area contributed by atoms with Gasteiger partial charge in [0.25, 0.3) is 5.91 Å². The number of furan rings is 1. The van der Waals surface area contributed by atoms with Crippen LogP contribution in [0.25, 0.3) is 10.6 Å². The van der Waals surface area contributed by atoms with Crippen molar-refractivity contribution in [3.63, 3.8) is 0 Å². The van der Waals surface area contributed by atoms with Crippen LogP contribution in [0.4, 0.5) is 0 Å². The number of hydrogen-bond acceptors (Lipinski definition) is 5. The summed E-state index contributed by atoms with van der Waals surface area (Å²) >= 11 is 1.56. The van der Waals surface area contributed by atoms with Crippen molar-refractivity contribution in [3.05, 3.63) is 65.1 Å². The average molecular weight is 395 g/mol. The van der Waals surface area contributed by atoms with Crippen molar-refractivity contribution in [1.29, 1.82) is 0 Å². The first-order chi connectivity index (χ1) is 13.6. The Morgan fingerprint density at radius 2 is 1.93 bits per heavy atom. The minimum atomic E-state index is -0.0526. The second-order valence-electron chi connectivity index (χ2n) is 6.88. The average Bonchev–Trinajstić information content (AvgIpc) is 3.40. The normalized spacial score (nSPS) is 14.3. The van der Waals surface area contributed by atoms with E-state index in [1.54, 1.807) is 22.3 Å². The van der Waals surface area contributed by atoms with Gasteiger partial charge in [-0.2, -0.15) is 0 Å². The van der Waals surface area contributed by atoms with Crippen LogP contribution < -0.4 is 0 Å². The molecule has 144 valence electrons. The lowest BCUT2D eigenvalue weighted by atomic mass is 10.1. The number of aryl methyl sites for hydroxylation is 1. The quantitative estimate of drug-likeness (QED) is 0.680. The van der Waals surface area contributed by atoms with E-state index in [1.807, 2.05) is 22.4 Å². The van der Waals surface area contributed by atoms with Crippen molar-refractivity contribution in [2.45, 2.75) is 13.3 Å². The fourth-order valence-electron chi connectivity index (χ4n) is 3.29. The Kier molecular flexibility index (Phi) is 5.25. The molecule has 1 saturated heterocycles. The summed E-state index contributed by atoms with van der Waals surface area (Å²) in [6.45, 7) is 4.19. The highest BCUT2D eigenvalue weighted by atomic mass is 32.1. The number of rotatable bonds is 4. The lowest BCUT2D eigenvalue weighted by Crippen LogP contribution is -2.50. The van der Waals surface area contributed by atoms with Gasteiger partial charge >= 0.3 is 0 Å². The molecule has 1 aliphatic rings. The standard InChI is InChI=1S/C21H21N3O3S/c1-15-3-2-4-16(11-15)20-22-18(14-28-20)12-19(25)23-6-8-24(9-7-23)21(26)17-5-10-27-13-17/h2-5,10-11,13-14H,6-9,12H2,1H3. The van der Waals surface area contributed by atoms with Gasteiger partial charge in [-0.05, 0) is 19.1 Å². The fraction of sp³-hybridized carbons (Fsp3) is 0.286. The highest BCUT2D eigenvalue weighted by Crippen LogP contribution is 2.25. The molecular formula is C21H21N3O3S. The summed E-state index contributed by atoms with van der Waals surface area (Å²) in [5, 5.41) is 2.89. The first kappa shape index (κ1) is 18.4. The zero-order valence-corrected chi connectivity index (χ0v) is 16.4. The molecular weight excluding hydrogens is 374 g/mol. The third-order valence-electron chi connectivity index (χ3n) is 4.84. The van der Waals surface area contributed by atoms with Gasteiger partial charge in [-0.15, -0.1) is 11.3 Å².